The minimum atomic E-state index is -1.45. The molecule has 0 radical (unpaired) electrons. The third-order valence-electron chi connectivity index (χ3n) is 1.58. The zero-order valence-electron chi connectivity index (χ0n) is 7.68. The summed E-state index contributed by atoms with van der Waals surface area (Å²) >= 11 is 0. The molecule has 1 aromatic rings. The fourth-order valence-corrected chi connectivity index (χ4v) is 0.938. The van der Waals surface area contributed by atoms with E-state index in [1.54, 1.807) is 6.07 Å². The van der Waals surface area contributed by atoms with Gasteiger partial charge in [0.1, 0.15) is 6.29 Å². The molecule has 0 spiro atoms. The van der Waals surface area contributed by atoms with E-state index in [1.807, 2.05) is 0 Å². The topological polar surface area (TPSA) is 65.5 Å². The van der Waals surface area contributed by atoms with Gasteiger partial charge in [-0.2, -0.15) is 4.79 Å². The van der Waals surface area contributed by atoms with E-state index < -0.39 is 6.16 Å². The second kappa shape index (κ2) is 5.69. The van der Waals surface area contributed by atoms with Crippen molar-refractivity contribution in [1.82, 2.24) is 4.98 Å². The average Bonchev–Trinajstić information content (AvgIpc) is 2.28. The summed E-state index contributed by atoms with van der Waals surface area (Å²) in [5, 5.41) is 0. The molecule has 0 fully saturated rings. The Morgan fingerprint density at radius 1 is 1.53 bits per heavy atom. The van der Waals surface area contributed by atoms with Crippen molar-refractivity contribution in [2.75, 3.05) is 0 Å². The Morgan fingerprint density at radius 3 is 2.87 bits per heavy atom. The number of nitrogens with zero attached hydrogens (tertiary/aromatic N) is 1. The predicted molar refractivity (Wildman–Crippen MR) is 46.8 cm³/mol. The van der Waals surface area contributed by atoms with E-state index in [1.165, 1.54) is 12.3 Å². The molecule has 15 heavy (non-hydrogen) atoms. The van der Waals surface area contributed by atoms with Crippen LogP contribution in [0.15, 0.2) is 18.3 Å². The lowest BCUT2D eigenvalue weighted by atomic mass is 10.2. The Hall–Kier alpha value is -1.98. The first-order valence-electron chi connectivity index (χ1n) is 4.15. The molecule has 0 saturated carbocycles. The Balaban J connectivity index is 2.55. The highest BCUT2D eigenvalue weighted by molar-refractivity contribution is 5.62. The predicted octanol–water partition coefficient (Wildman–Crippen LogP) is 1.61. The molecule has 1 heterocycles. The average molecular weight is 213 g/mol. The minimum Gasteiger partial charge on any atom is -0.391 e. The number of carbonyl (C=O) groups is 2. The molecule has 0 aliphatic rings. The molecule has 1 aromatic heterocycles. The van der Waals surface area contributed by atoms with Crippen LogP contribution in [0.25, 0.3) is 0 Å². The molecule has 0 unspecified atom stereocenters. The molecular weight excluding hydrogens is 205 g/mol. The Kier molecular flexibility index (Phi) is 4.21. The maximum atomic E-state index is 11.3. The first-order chi connectivity index (χ1) is 7.26. The summed E-state index contributed by atoms with van der Waals surface area (Å²) in [5.41, 5.74) is 0.683. The summed E-state index contributed by atoms with van der Waals surface area (Å²) in [4.78, 5) is 27.1. The van der Waals surface area contributed by atoms with Crippen molar-refractivity contribution in [3.8, 4) is 5.75 Å². The molecule has 0 saturated heterocycles. The number of aldehydes is 1. The van der Waals surface area contributed by atoms with E-state index in [9.17, 15) is 14.1 Å². The highest BCUT2D eigenvalue weighted by Gasteiger charge is 2.06. The van der Waals surface area contributed by atoms with E-state index in [0.29, 0.717) is 18.5 Å². The molecule has 0 bridgehead atoms. The molecule has 0 aromatic carbocycles. The lowest BCUT2D eigenvalue weighted by Crippen LogP contribution is -2.05. The Bertz CT molecular complexity index is 338. The first-order valence-corrected chi connectivity index (χ1v) is 4.15. The van der Waals surface area contributed by atoms with Gasteiger partial charge in [0.25, 0.3) is 0 Å². The number of pyridine rings is 1. The number of ether oxygens (including phenoxy) is 1. The highest BCUT2D eigenvalue weighted by atomic mass is 19.3. The Labute approximate surface area is 84.7 Å². The van der Waals surface area contributed by atoms with Crippen molar-refractivity contribution in [3.63, 3.8) is 0 Å². The standard InChI is InChI=1S/C9H8FNO4/c10-15-9(13)14-8-4-3-7(11-6-8)2-1-5-12/h3-6H,1-2H2. The molecular formula is C9H8FNO4. The number of hydrogen-bond donors (Lipinski definition) is 0. The lowest BCUT2D eigenvalue weighted by molar-refractivity contribution is -0.107. The van der Waals surface area contributed by atoms with Crippen molar-refractivity contribution >= 4 is 12.4 Å². The third kappa shape index (κ3) is 3.72. The van der Waals surface area contributed by atoms with Crippen molar-refractivity contribution in [2.24, 2.45) is 0 Å². The fraction of sp³-hybridized carbons (Fsp3) is 0.222. The molecule has 0 aliphatic heterocycles. The third-order valence-corrected chi connectivity index (χ3v) is 1.58. The van der Waals surface area contributed by atoms with Gasteiger partial charge in [-0.15, -0.1) is 0 Å². The summed E-state index contributed by atoms with van der Waals surface area (Å²) in [5.74, 6) is 0.0764. The zero-order chi connectivity index (χ0) is 11.1. The lowest BCUT2D eigenvalue weighted by Gasteiger charge is -2.00. The summed E-state index contributed by atoms with van der Waals surface area (Å²) < 4.78 is 15.6. The van der Waals surface area contributed by atoms with Gasteiger partial charge in [-0.1, -0.05) is 0 Å². The smallest absolute Gasteiger partial charge is 0.391 e. The zero-order valence-corrected chi connectivity index (χ0v) is 7.68. The second-order valence-corrected chi connectivity index (χ2v) is 2.62. The molecule has 0 atom stereocenters. The van der Waals surface area contributed by atoms with Crippen LogP contribution in [0.1, 0.15) is 12.1 Å². The summed E-state index contributed by atoms with van der Waals surface area (Å²) in [6, 6.07) is 3.01. The van der Waals surface area contributed by atoms with Gasteiger partial charge in [0, 0.05) is 16.6 Å². The first kappa shape index (κ1) is 11.1. The maximum absolute atomic E-state index is 11.3. The van der Waals surface area contributed by atoms with Crippen LogP contribution in [0.4, 0.5) is 9.32 Å². The number of aromatic nitrogens is 1. The Morgan fingerprint density at radius 2 is 2.33 bits per heavy atom. The SMILES string of the molecule is O=CCCc1ccc(OC(=O)OF)cn1. The van der Waals surface area contributed by atoms with Crippen molar-refractivity contribution in [2.45, 2.75) is 12.8 Å². The number of rotatable bonds is 4. The molecule has 5 nitrogen and oxygen atoms in total. The van der Waals surface area contributed by atoms with Crippen LogP contribution in [0.3, 0.4) is 0 Å². The van der Waals surface area contributed by atoms with Crippen LogP contribution in [0.2, 0.25) is 0 Å². The van der Waals surface area contributed by atoms with Gasteiger partial charge in [-0.25, -0.2) is 4.94 Å². The van der Waals surface area contributed by atoms with Crippen molar-refractivity contribution < 1.29 is 23.8 Å². The quantitative estimate of drug-likeness (QED) is 0.561. The van der Waals surface area contributed by atoms with Crippen LogP contribution in [-0.4, -0.2) is 17.4 Å². The highest BCUT2D eigenvalue weighted by Crippen LogP contribution is 2.10. The second-order valence-electron chi connectivity index (χ2n) is 2.62. The number of hydrogen-bond acceptors (Lipinski definition) is 5. The van der Waals surface area contributed by atoms with E-state index in [-0.39, 0.29) is 5.75 Å². The molecule has 80 valence electrons. The number of aryl methyl sites for hydroxylation is 1. The van der Waals surface area contributed by atoms with Gasteiger partial charge in [-0.3, -0.25) is 4.98 Å². The fourth-order valence-electron chi connectivity index (χ4n) is 0.938. The van der Waals surface area contributed by atoms with Crippen LogP contribution in [-0.2, 0) is 16.2 Å². The normalized spacial score (nSPS) is 9.40. The van der Waals surface area contributed by atoms with E-state index in [0.717, 1.165) is 6.29 Å². The monoisotopic (exact) mass is 213 g/mol. The minimum absolute atomic E-state index is 0.0764. The van der Waals surface area contributed by atoms with Gasteiger partial charge >= 0.3 is 6.16 Å². The van der Waals surface area contributed by atoms with Crippen molar-refractivity contribution in [3.05, 3.63) is 24.0 Å². The largest absolute Gasteiger partial charge is 0.550 e. The van der Waals surface area contributed by atoms with Crippen LogP contribution in [0.5, 0.6) is 5.75 Å². The van der Waals surface area contributed by atoms with Crippen LogP contribution < -0.4 is 4.74 Å². The van der Waals surface area contributed by atoms with Crippen molar-refractivity contribution in [1.29, 1.82) is 0 Å². The summed E-state index contributed by atoms with van der Waals surface area (Å²) in [7, 11) is 0. The number of carbonyl (C=O) groups excluding carboxylic acids is 2. The van der Waals surface area contributed by atoms with Gasteiger partial charge < -0.3 is 9.53 Å². The maximum Gasteiger partial charge on any atom is 0.550 e. The molecule has 6 heteroatoms. The molecule has 1 rings (SSSR count). The van der Waals surface area contributed by atoms with E-state index >= 15 is 0 Å². The van der Waals surface area contributed by atoms with Crippen LogP contribution >= 0.6 is 0 Å². The van der Waals surface area contributed by atoms with Gasteiger partial charge in [-0.05, 0) is 18.6 Å². The van der Waals surface area contributed by atoms with Gasteiger partial charge in [0.2, 0.25) is 0 Å². The molecule has 0 N–H and O–H groups in total. The van der Waals surface area contributed by atoms with E-state index in [4.69, 9.17) is 0 Å². The summed E-state index contributed by atoms with van der Waals surface area (Å²) in [6.07, 6.45) is 1.47. The summed E-state index contributed by atoms with van der Waals surface area (Å²) in [6.45, 7) is 0. The molecule has 0 aliphatic carbocycles. The van der Waals surface area contributed by atoms with Gasteiger partial charge in [0.05, 0.1) is 6.20 Å². The van der Waals surface area contributed by atoms with E-state index in [2.05, 4.69) is 14.7 Å². The van der Waals surface area contributed by atoms with Crippen LogP contribution in [0, 0.1) is 0 Å². The molecule has 0 amide bonds. The van der Waals surface area contributed by atoms with Gasteiger partial charge in [0.15, 0.2) is 5.75 Å². The number of halogens is 1.